The zero-order valence-electron chi connectivity index (χ0n) is 53.2. The van der Waals surface area contributed by atoms with Crippen LogP contribution in [-0.2, 0) is 51.7 Å². The Morgan fingerprint density at radius 3 is 1.46 bits per heavy atom. The first kappa shape index (κ1) is 70.9. The lowest BCUT2D eigenvalue weighted by Gasteiger charge is -2.38. The molecule has 0 radical (unpaired) electrons. The zero-order chi connectivity index (χ0) is 69.7. The van der Waals surface area contributed by atoms with E-state index in [9.17, 15) is 27.9 Å². The monoisotopic (exact) mass is 1390 g/mol. The van der Waals surface area contributed by atoms with Crippen molar-refractivity contribution >= 4 is 71.0 Å². The van der Waals surface area contributed by atoms with Gasteiger partial charge in [-0.25, -0.2) is 56.5 Å². The summed E-state index contributed by atoms with van der Waals surface area (Å²) in [6.45, 7) is 10.5. The molecule has 4 atom stereocenters. The highest BCUT2D eigenvalue weighted by molar-refractivity contribution is 7.10. The van der Waals surface area contributed by atoms with E-state index in [2.05, 4.69) is 48.6 Å². The maximum Gasteiger partial charge on any atom is 0.344 e. The minimum absolute atomic E-state index is 0.0257. The molecule has 4 aromatic heterocycles. The molecule has 0 aliphatic rings. The summed E-state index contributed by atoms with van der Waals surface area (Å²) in [4.78, 5) is 50.4. The summed E-state index contributed by atoms with van der Waals surface area (Å²) >= 11 is 8.10. The fourth-order valence-electron chi connectivity index (χ4n) is 10.5. The minimum Gasteiger partial charge on any atom is -0.488 e. The lowest BCUT2D eigenvalue weighted by atomic mass is 9.81. The van der Waals surface area contributed by atoms with E-state index in [0.717, 1.165) is 63.6 Å². The SMILES string of the molecule is C=Nc1ccc(-c2csc([C@H](C)C(Cn3cncn3)(OCOC(=O)c3ccccc3OCc3ccccc3)c3ccc(F)cc3F)n2)cc1.C=Nc1ccc(-c2csc([C@H](C)C(O)(Cn3cncn3)c3ccc(F)cc3F)n2)cc1.O=C(OCCl)c1ccccc1OCc1ccccc1. The molecular formula is C74H63ClF4N10O8S2. The van der Waals surface area contributed by atoms with E-state index in [1.807, 2.05) is 127 Å². The van der Waals surface area contributed by atoms with Crippen molar-refractivity contribution < 1.29 is 55.9 Å². The molecule has 1 N–H and O–H groups in total. The van der Waals surface area contributed by atoms with E-state index in [0.29, 0.717) is 39.4 Å². The van der Waals surface area contributed by atoms with Crippen LogP contribution in [0.25, 0.3) is 22.5 Å². The molecule has 4 heterocycles. The molecule has 2 unspecified atom stereocenters. The highest BCUT2D eigenvalue weighted by Gasteiger charge is 2.46. The normalized spacial score (nSPS) is 12.8. The average molecular weight is 1400 g/mol. The number of nitrogens with zero attached hydrogens (tertiary/aromatic N) is 10. The summed E-state index contributed by atoms with van der Waals surface area (Å²) in [5.41, 5.74) is 3.80. The molecule has 12 rings (SSSR count). The molecule has 0 aliphatic carbocycles. The number of halogens is 5. The molecule has 0 saturated carbocycles. The van der Waals surface area contributed by atoms with Crippen molar-refractivity contribution in [3.05, 3.63) is 297 Å². The van der Waals surface area contributed by atoms with Crippen molar-refractivity contribution in [3.63, 3.8) is 0 Å². The maximum absolute atomic E-state index is 15.8. The van der Waals surface area contributed by atoms with E-state index >= 15 is 4.39 Å². The average Bonchev–Trinajstić information content (AvgIpc) is 1.76. The number of esters is 2. The van der Waals surface area contributed by atoms with E-state index in [1.165, 1.54) is 69.5 Å². The van der Waals surface area contributed by atoms with Gasteiger partial charge in [0.05, 0.1) is 45.9 Å². The molecule has 18 nitrogen and oxygen atoms in total. The first-order valence-corrected chi connectivity index (χ1v) is 32.8. The van der Waals surface area contributed by atoms with Gasteiger partial charge in [-0.3, -0.25) is 9.98 Å². The lowest BCUT2D eigenvalue weighted by molar-refractivity contribution is -0.148. The van der Waals surface area contributed by atoms with E-state index in [1.54, 1.807) is 55.5 Å². The van der Waals surface area contributed by atoms with Gasteiger partial charge in [0.2, 0.25) is 0 Å². The molecule has 12 aromatic rings. The molecule has 0 bridgehead atoms. The second-order valence-electron chi connectivity index (χ2n) is 22.0. The molecule has 504 valence electrons. The third-order valence-electron chi connectivity index (χ3n) is 15.8. The smallest absolute Gasteiger partial charge is 0.344 e. The number of para-hydroxylation sites is 2. The first-order chi connectivity index (χ1) is 48.1. The summed E-state index contributed by atoms with van der Waals surface area (Å²) in [5, 5.41) is 24.9. The molecular weight excluding hydrogens is 1330 g/mol. The van der Waals surface area contributed by atoms with Gasteiger partial charge in [0.25, 0.3) is 0 Å². The molecule has 8 aromatic carbocycles. The third kappa shape index (κ3) is 18.0. The fourth-order valence-corrected chi connectivity index (χ4v) is 12.5. The molecule has 0 amide bonds. The van der Waals surface area contributed by atoms with Crippen LogP contribution in [0.3, 0.4) is 0 Å². The van der Waals surface area contributed by atoms with Gasteiger partial charge in [0, 0.05) is 57.0 Å². The summed E-state index contributed by atoms with van der Waals surface area (Å²) in [7, 11) is 0. The van der Waals surface area contributed by atoms with Crippen molar-refractivity contribution in [3.8, 4) is 34.0 Å². The Labute approximate surface area is 580 Å². The van der Waals surface area contributed by atoms with Crippen LogP contribution in [0.4, 0.5) is 28.9 Å². The maximum atomic E-state index is 15.8. The summed E-state index contributed by atoms with van der Waals surface area (Å²) in [6.07, 6.45) is 5.56. The second kappa shape index (κ2) is 33.9. The Morgan fingerprint density at radius 2 is 1.01 bits per heavy atom. The molecule has 99 heavy (non-hydrogen) atoms. The van der Waals surface area contributed by atoms with Gasteiger partial charge in [-0.05, 0) is 85.2 Å². The Hall–Kier alpha value is -10.9. The van der Waals surface area contributed by atoms with Crippen molar-refractivity contribution in [2.45, 2.75) is 63.2 Å². The van der Waals surface area contributed by atoms with Crippen LogP contribution in [0.1, 0.15) is 78.7 Å². The van der Waals surface area contributed by atoms with Crippen molar-refractivity contribution in [1.29, 1.82) is 0 Å². The molecule has 0 aliphatic heterocycles. The second-order valence-corrected chi connectivity index (χ2v) is 24.0. The topological polar surface area (TPSA) is 212 Å². The van der Waals surface area contributed by atoms with Crippen LogP contribution in [0.15, 0.2) is 240 Å². The van der Waals surface area contributed by atoms with Gasteiger partial charge in [-0.15, -0.1) is 22.7 Å². The van der Waals surface area contributed by atoms with Gasteiger partial charge in [-0.1, -0.05) is 147 Å². The van der Waals surface area contributed by atoms with Crippen LogP contribution in [0, 0.1) is 23.3 Å². The van der Waals surface area contributed by atoms with Gasteiger partial charge in [0.15, 0.2) is 12.9 Å². The van der Waals surface area contributed by atoms with Crippen molar-refractivity contribution in [2.24, 2.45) is 9.98 Å². The Kier molecular flexibility index (Phi) is 24.3. The van der Waals surface area contributed by atoms with Crippen molar-refractivity contribution in [2.75, 3.05) is 12.9 Å². The van der Waals surface area contributed by atoms with Gasteiger partial charge in [-0.2, -0.15) is 10.2 Å². The van der Waals surface area contributed by atoms with E-state index in [4.69, 9.17) is 40.3 Å². The Balaban J connectivity index is 0.000000180. The summed E-state index contributed by atoms with van der Waals surface area (Å²) in [5.74, 6) is -4.81. The largest absolute Gasteiger partial charge is 0.488 e. The standard InChI is InChI=1S/C37H31F2N5O4S.C22H19F2N5OS.C15H13ClO3/c1-25(35-43-33(20-49-35)27-12-15-29(40-2)16-13-27)37(21-44-23-41-22-42-44,31-17-14-28(38)18-32(31)39)48-24-47-36(45)30-10-6-7-11-34(30)46-19-26-8-4-3-5-9-26;1-14(21-28-20(10-31-21)15-3-6-17(25-2)7-4-15)22(30,11-29-13-26-12-27-29)18-8-5-16(23)9-19(18)24;16-11-19-15(17)13-8-4-5-9-14(13)18-10-12-6-2-1-3-7-12/h3-18,20,22-23,25H,2,19,21,24H2,1H3;3-10,12-14,30H,2,11H2,1H3;1-9H,10-11H2/t25-,37?;14-,22?;/m00./s1. The molecule has 0 spiro atoms. The highest BCUT2D eigenvalue weighted by atomic mass is 35.5. The Bertz CT molecular complexity index is 4620. The Morgan fingerprint density at radius 1 is 0.566 bits per heavy atom. The van der Waals surface area contributed by atoms with Crippen LogP contribution in [-0.4, -0.2) is 82.8 Å². The fraction of sp³-hybridized carbons (Fsp3) is 0.162. The summed E-state index contributed by atoms with van der Waals surface area (Å²) in [6, 6.07) is 54.0. The quantitative estimate of drug-likeness (QED) is 0.0176. The first-order valence-electron chi connectivity index (χ1n) is 30.5. The predicted molar refractivity (Wildman–Crippen MR) is 371 cm³/mol. The number of hydrogen-bond donors (Lipinski definition) is 1. The van der Waals surface area contributed by atoms with Gasteiger partial charge >= 0.3 is 11.9 Å². The lowest BCUT2D eigenvalue weighted by Crippen LogP contribution is -2.42. The molecule has 0 fully saturated rings. The van der Waals surface area contributed by atoms with Crippen LogP contribution >= 0.6 is 34.3 Å². The highest BCUT2D eigenvalue weighted by Crippen LogP contribution is 2.46. The third-order valence-corrected chi connectivity index (χ3v) is 18.0. The minimum atomic E-state index is -1.74. The van der Waals surface area contributed by atoms with E-state index in [-0.39, 0.29) is 42.5 Å². The number of thiazole rings is 2. The van der Waals surface area contributed by atoms with Crippen molar-refractivity contribution in [1.82, 2.24) is 39.5 Å². The predicted octanol–water partition coefficient (Wildman–Crippen LogP) is 16.4. The van der Waals surface area contributed by atoms with Gasteiger partial charge < -0.3 is 28.8 Å². The number of rotatable bonds is 26. The van der Waals surface area contributed by atoms with E-state index < -0.39 is 65.0 Å². The van der Waals surface area contributed by atoms with Gasteiger partial charge in [0.1, 0.15) is 95.6 Å². The number of hydrogen-bond acceptors (Lipinski definition) is 18. The number of ether oxygens (including phenoxy) is 5. The number of aromatic nitrogens is 8. The van der Waals surface area contributed by atoms with Crippen LogP contribution in [0.5, 0.6) is 11.5 Å². The van der Waals surface area contributed by atoms with Crippen LogP contribution < -0.4 is 9.47 Å². The number of aliphatic hydroxyl groups is 1. The number of aliphatic imine (C=N–C) groups is 2. The number of alkyl halides is 1. The number of carbonyl (C=O) groups is 2. The summed E-state index contributed by atoms with van der Waals surface area (Å²) < 4.78 is 89.6. The number of carbonyl (C=O) groups excluding carboxylic acids is 2. The van der Waals surface area contributed by atoms with Crippen LogP contribution in [0.2, 0.25) is 0 Å². The molecule has 25 heteroatoms. The molecule has 0 saturated heterocycles. The zero-order valence-corrected chi connectivity index (χ0v) is 55.6. The number of benzene rings is 8.